The van der Waals surface area contributed by atoms with Crippen LogP contribution in [0, 0.1) is 0 Å². The highest BCUT2D eigenvalue weighted by Gasteiger charge is 2.14. The molecule has 17 heavy (non-hydrogen) atoms. The molecule has 0 saturated heterocycles. The molecule has 0 aliphatic rings. The number of hydrogen-bond donors (Lipinski definition) is 3. The van der Waals surface area contributed by atoms with Crippen molar-refractivity contribution in [3.63, 3.8) is 0 Å². The number of carbonyl (C=O) groups is 1. The van der Waals surface area contributed by atoms with Crippen molar-refractivity contribution < 1.29 is 4.79 Å². The molecule has 0 aliphatic carbocycles. The van der Waals surface area contributed by atoms with Gasteiger partial charge in [-0.25, -0.2) is 0 Å². The maximum absolute atomic E-state index is 11.7. The van der Waals surface area contributed by atoms with Gasteiger partial charge in [0, 0.05) is 0 Å². The monoisotopic (exact) mass is 271 g/mol. The van der Waals surface area contributed by atoms with Crippen molar-refractivity contribution in [2.75, 3.05) is 11.1 Å². The average Bonchev–Trinajstić information content (AvgIpc) is 2.70. The normalized spacial score (nSPS) is 10.2. The largest absolute Gasteiger partial charge is 0.366 e. The number of para-hydroxylation sites is 1. The second kappa shape index (κ2) is 4.60. The number of rotatable bonds is 2. The van der Waals surface area contributed by atoms with E-state index in [0.29, 0.717) is 15.7 Å². The third-order valence-corrected chi connectivity index (χ3v) is 2.55. The summed E-state index contributed by atoms with van der Waals surface area (Å²) in [5.41, 5.74) is 5.60. The first-order valence-electron chi connectivity index (χ1n) is 4.51. The zero-order valence-corrected chi connectivity index (χ0v) is 9.88. The molecule has 8 heteroatoms. The number of nitrogen functional groups attached to an aromatic ring is 1. The minimum atomic E-state index is -0.524. The average molecular weight is 272 g/mol. The van der Waals surface area contributed by atoms with Gasteiger partial charge in [0.2, 0.25) is 11.8 Å². The Balaban J connectivity index is 2.24. The summed E-state index contributed by atoms with van der Waals surface area (Å²) < 4.78 is 0. The molecular weight excluding hydrogens is 265 g/mol. The van der Waals surface area contributed by atoms with Crippen molar-refractivity contribution in [2.45, 2.75) is 0 Å². The number of nitrogens with zero attached hydrogens (tertiary/aromatic N) is 2. The van der Waals surface area contributed by atoms with Crippen molar-refractivity contribution in [3.8, 4) is 0 Å². The van der Waals surface area contributed by atoms with Crippen LogP contribution in [0.3, 0.4) is 0 Å². The van der Waals surface area contributed by atoms with Crippen LogP contribution in [0.15, 0.2) is 18.2 Å². The molecule has 4 N–H and O–H groups in total. The second-order valence-electron chi connectivity index (χ2n) is 3.09. The van der Waals surface area contributed by atoms with Crippen LogP contribution < -0.4 is 11.1 Å². The molecule has 1 amide bonds. The number of nitrogens with one attached hydrogen (secondary N) is 2. The molecule has 6 nitrogen and oxygen atoms in total. The van der Waals surface area contributed by atoms with E-state index < -0.39 is 5.91 Å². The van der Waals surface area contributed by atoms with Gasteiger partial charge in [0.25, 0.3) is 5.91 Å². The van der Waals surface area contributed by atoms with Crippen LogP contribution in [-0.2, 0) is 0 Å². The van der Waals surface area contributed by atoms with Crippen LogP contribution in [0.4, 0.5) is 11.6 Å². The first kappa shape index (κ1) is 11.7. The van der Waals surface area contributed by atoms with E-state index in [-0.39, 0.29) is 11.8 Å². The lowest BCUT2D eigenvalue weighted by molar-refractivity contribution is 0.101. The third kappa shape index (κ3) is 2.48. The number of H-pyrrole nitrogens is 1. The summed E-state index contributed by atoms with van der Waals surface area (Å²) in [6.07, 6.45) is 0. The SMILES string of the molecule is Nc1n[nH]c(C(=O)Nc2c(Cl)cccc2Cl)n1. The van der Waals surface area contributed by atoms with E-state index in [1.54, 1.807) is 18.2 Å². The smallest absolute Gasteiger partial charge is 0.293 e. The number of nitrogens with two attached hydrogens (primary N) is 1. The van der Waals surface area contributed by atoms with Crippen LogP contribution >= 0.6 is 23.2 Å². The van der Waals surface area contributed by atoms with E-state index >= 15 is 0 Å². The van der Waals surface area contributed by atoms with Crippen LogP contribution in [-0.4, -0.2) is 21.1 Å². The molecule has 0 aliphatic heterocycles. The molecule has 0 bridgehead atoms. The van der Waals surface area contributed by atoms with E-state index in [0.717, 1.165) is 0 Å². The summed E-state index contributed by atoms with van der Waals surface area (Å²) in [4.78, 5) is 15.4. The minimum absolute atomic E-state index is 0.0135. The number of aromatic nitrogens is 3. The van der Waals surface area contributed by atoms with Crippen LogP contribution in [0.2, 0.25) is 10.0 Å². The number of benzene rings is 1. The van der Waals surface area contributed by atoms with Gasteiger partial charge in [0.05, 0.1) is 15.7 Å². The summed E-state index contributed by atoms with van der Waals surface area (Å²) in [7, 11) is 0. The lowest BCUT2D eigenvalue weighted by atomic mass is 10.3. The third-order valence-electron chi connectivity index (χ3n) is 1.92. The molecule has 0 unspecified atom stereocenters. The van der Waals surface area contributed by atoms with Gasteiger partial charge in [-0.3, -0.25) is 9.89 Å². The van der Waals surface area contributed by atoms with Gasteiger partial charge in [-0.2, -0.15) is 4.98 Å². The van der Waals surface area contributed by atoms with Gasteiger partial charge in [0.15, 0.2) is 0 Å². The van der Waals surface area contributed by atoms with Gasteiger partial charge in [-0.15, -0.1) is 5.10 Å². The van der Waals surface area contributed by atoms with Crippen LogP contribution in [0.25, 0.3) is 0 Å². The number of hydrogen-bond acceptors (Lipinski definition) is 4. The Morgan fingerprint density at radius 3 is 2.53 bits per heavy atom. The molecular formula is C9H7Cl2N5O. The van der Waals surface area contributed by atoms with E-state index in [1.807, 2.05) is 0 Å². The van der Waals surface area contributed by atoms with E-state index in [4.69, 9.17) is 28.9 Å². The molecule has 0 saturated carbocycles. The highest BCUT2D eigenvalue weighted by molar-refractivity contribution is 6.39. The maximum atomic E-state index is 11.7. The van der Waals surface area contributed by atoms with Crippen molar-refractivity contribution in [3.05, 3.63) is 34.1 Å². The fourth-order valence-corrected chi connectivity index (χ4v) is 1.66. The Kier molecular flexibility index (Phi) is 3.16. The number of halogens is 2. The number of carbonyl (C=O) groups excluding carboxylic acids is 1. The Morgan fingerprint density at radius 1 is 1.35 bits per heavy atom. The molecule has 0 fully saturated rings. The summed E-state index contributed by atoms with van der Waals surface area (Å²) >= 11 is 11.8. The first-order valence-corrected chi connectivity index (χ1v) is 5.27. The van der Waals surface area contributed by atoms with Crippen LogP contribution in [0.1, 0.15) is 10.6 Å². The Hall–Kier alpha value is -1.79. The number of amides is 1. The highest BCUT2D eigenvalue weighted by Crippen LogP contribution is 2.29. The first-order chi connectivity index (χ1) is 8.08. The zero-order valence-electron chi connectivity index (χ0n) is 8.37. The van der Waals surface area contributed by atoms with Gasteiger partial charge >= 0.3 is 0 Å². The van der Waals surface area contributed by atoms with E-state index in [9.17, 15) is 4.79 Å². The van der Waals surface area contributed by atoms with Crippen molar-refractivity contribution in [1.29, 1.82) is 0 Å². The molecule has 1 heterocycles. The predicted octanol–water partition coefficient (Wildman–Crippen LogP) is 1.95. The highest BCUT2D eigenvalue weighted by atomic mass is 35.5. The standard InChI is InChI=1S/C9H7Cl2N5O/c10-4-2-1-3-5(11)6(4)13-8(17)7-14-9(12)16-15-7/h1-3H,(H,13,17)(H3,12,14,15,16). The van der Waals surface area contributed by atoms with Crippen molar-refractivity contribution >= 4 is 40.7 Å². The molecule has 2 rings (SSSR count). The molecule has 0 radical (unpaired) electrons. The summed E-state index contributed by atoms with van der Waals surface area (Å²) in [6.45, 7) is 0. The summed E-state index contributed by atoms with van der Waals surface area (Å²) in [6, 6.07) is 4.89. The van der Waals surface area contributed by atoms with Gasteiger partial charge < -0.3 is 11.1 Å². The molecule has 0 atom stereocenters. The van der Waals surface area contributed by atoms with E-state index in [2.05, 4.69) is 20.5 Å². The molecule has 88 valence electrons. The minimum Gasteiger partial charge on any atom is -0.366 e. The van der Waals surface area contributed by atoms with Gasteiger partial charge in [-0.1, -0.05) is 29.3 Å². The number of anilines is 2. The van der Waals surface area contributed by atoms with E-state index in [1.165, 1.54) is 0 Å². The molecule has 1 aromatic carbocycles. The fraction of sp³-hybridized carbons (Fsp3) is 0. The van der Waals surface area contributed by atoms with Crippen LogP contribution in [0.5, 0.6) is 0 Å². The molecule has 0 spiro atoms. The van der Waals surface area contributed by atoms with Crippen molar-refractivity contribution in [1.82, 2.24) is 15.2 Å². The quantitative estimate of drug-likeness (QED) is 0.778. The second-order valence-corrected chi connectivity index (χ2v) is 3.91. The number of aromatic amines is 1. The Bertz CT molecular complexity index is 548. The lowest BCUT2D eigenvalue weighted by Crippen LogP contribution is -2.14. The Labute approximate surface area is 106 Å². The zero-order chi connectivity index (χ0) is 12.4. The lowest BCUT2D eigenvalue weighted by Gasteiger charge is -2.06. The van der Waals surface area contributed by atoms with Gasteiger partial charge in [-0.05, 0) is 12.1 Å². The summed E-state index contributed by atoms with van der Waals surface area (Å²) in [5.74, 6) is -0.553. The maximum Gasteiger partial charge on any atom is 0.293 e. The topological polar surface area (TPSA) is 96.7 Å². The predicted molar refractivity (Wildman–Crippen MR) is 65.2 cm³/mol. The summed E-state index contributed by atoms with van der Waals surface area (Å²) in [5, 5.41) is 9.10. The molecule has 1 aromatic heterocycles. The molecule has 2 aromatic rings. The van der Waals surface area contributed by atoms with Gasteiger partial charge in [0.1, 0.15) is 0 Å². The fourth-order valence-electron chi connectivity index (χ4n) is 1.17. The van der Waals surface area contributed by atoms with Crippen molar-refractivity contribution in [2.24, 2.45) is 0 Å². The Morgan fingerprint density at radius 2 is 2.00 bits per heavy atom.